The van der Waals surface area contributed by atoms with Crippen molar-refractivity contribution in [2.45, 2.75) is 50.7 Å². The zero-order chi connectivity index (χ0) is 13.6. The van der Waals surface area contributed by atoms with Gasteiger partial charge in [-0.3, -0.25) is 0 Å². The standard InChI is InChI=1S/C15H29NO3/c1-16-13-12-14(15(13)6-3-4-7-15)19-11-10-18-9-5-8-17-2/h13-14,16H,3-12H2,1-2H3. The van der Waals surface area contributed by atoms with Gasteiger partial charge in [-0.15, -0.1) is 0 Å². The van der Waals surface area contributed by atoms with Gasteiger partial charge in [-0.05, 0) is 32.7 Å². The third-order valence-electron chi connectivity index (χ3n) is 4.85. The lowest BCUT2D eigenvalue weighted by Crippen LogP contribution is -2.62. The molecule has 0 aromatic carbocycles. The summed E-state index contributed by atoms with van der Waals surface area (Å²) in [5, 5.41) is 3.46. The average molecular weight is 271 g/mol. The first-order chi connectivity index (χ1) is 9.33. The number of rotatable bonds is 9. The molecule has 0 saturated heterocycles. The van der Waals surface area contributed by atoms with E-state index in [1.165, 1.54) is 32.1 Å². The SMILES string of the molecule is CNC1CC(OCCOCCCOC)C12CCCC2. The predicted octanol–water partition coefficient (Wildman–Crippen LogP) is 1.98. The third kappa shape index (κ3) is 3.48. The lowest BCUT2D eigenvalue weighted by molar-refractivity contribution is -0.140. The summed E-state index contributed by atoms with van der Waals surface area (Å²) in [6, 6.07) is 0.669. The molecule has 0 aliphatic heterocycles. The maximum atomic E-state index is 6.06. The molecule has 1 spiro atoms. The van der Waals surface area contributed by atoms with Gasteiger partial charge < -0.3 is 19.5 Å². The second-order valence-corrected chi connectivity index (χ2v) is 5.84. The lowest BCUT2D eigenvalue weighted by Gasteiger charge is -2.54. The molecule has 0 aromatic rings. The second-order valence-electron chi connectivity index (χ2n) is 5.84. The first-order valence-corrected chi connectivity index (χ1v) is 7.69. The first kappa shape index (κ1) is 15.2. The molecule has 2 aliphatic rings. The monoisotopic (exact) mass is 271 g/mol. The van der Waals surface area contributed by atoms with E-state index in [0.717, 1.165) is 26.2 Å². The molecule has 0 aromatic heterocycles. The van der Waals surface area contributed by atoms with Crippen LogP contribution in [0.1, 0.15) is 38.5 Å². The summed E-state index contributed by atoms with van der Waals surface area (Å²) in [4.78, 5) is 0. The highest BCUT2D eigenvalue weighted by molar-refractivity contribution is 5.09. The van der Waals surface area contributed by atoms with E-state index in [2.05, 4.69) is 12.4 Å². The zero-order valence-corrected chi connectivity index (χ0v) is 12.5. The predicted molar refractivity (Wildman–Crippen MR) is 75.4 cm³/mol. The van der Waals surface area contributed by atoms with Gasteiger partial charge in [0.1, 0.15) is 0 Å². The molecule has 2 atom stereocenters. The Balaban J connectivity index is 1.59. The van der Waals surface area contributed by atoms with E-state index in [9.17, 15) is 0 Å². The summed E-state index contributed by atoms with van der Waals surface area (Å²) in [7, 11) is 3.80. The van der Waals surface area contributed by atoms with E-state index in [1.807, 2.05) is 0 Å². The summed E-state index contributed by atoms with van der Waals surface area (Å²) in [5.41, 5.74) is 0.435. The molecule has 0 radical (unpaired) electrons. The van der Waals surface area contributed by atoms with Crippen LogP contribution >= 0.6 is 0 Å². The summed E-state index contributed by atoms with van der Waals surface area (Å²) in [5.74, 6) is 0. The van der Waals surface area contributed by atoms with E-state index in [-0.39, 0.29) is 0 Å². The van der Waals surface area contributed by atoms with Crippen LogP contribution in [0.3, 0.4) is 0 Å². The second kappa shape index (κ2) is 7.58. The van der Waals surface area contributed by atoms with Gasteiger partial charge in [-0.2, -0.15) is 0 Å². The fraction of sp³-hybridized carbons (Fsp3) is 1.00. The van der Waals surface area contributed by atoms with Crippen LogP contribution in [-0.2, 0) is 14.2 Å². The van der Waals surface area contributed by atoms with E-state index in [4.69, 9.17) is 14.2 Å². The van der Waals surface area contributed by atoms with Gasteiger partial charge in [0.15, 0.2) is 0 Å². The molecule has 0 bridgehead atoms. The van der Waals surface area contributed by atoms with Gasteiger partial charge >= 0.3 is 0 Å². The molecule has 1 N–H and O–H groups in total. The van der Waals surface area contributed by atoms with Gasteiger partial charge in [-0.1, -0.05) is 12.8 Å². The number of nitrogens with one attached hydrogen (secondary N) is 1. The van der Waals surface area contributed by atoms with E-state index in [1.54, 1.807) is 7.11 Å². The van der Waals surface area contributed by atoms with Crippen LogP contribution in [0.2, 0.25) is 0 Å². The highest BCUT2D eigenvalue weighted by Gasteiger charge is 2.55. The highest BCUT2D eigenvalue weighted by Crippen LogP contribution is 2.54. The molecule has 2 unspecified atom stereocenters. The summed E-state index contributed by atoms with van der Waals surface area (Å²) >= 11 is 0. The van der Waals surface area contributed by atoms with Gasteiger partial charge in [0.2, 0.25) is 0 Å². The van der Waals surface area contributed by atoms with Crippen molar-refractivity contribution < 1.29 is 14.2 Å². The summed E-state index contributed by atoms with van der Waals surface area (Å²) in [6.07, 6.45) is 7.98. The summed E-state index contributed by atoms with van der Waals surface area (Å²) < 4.78 is 16.6. The van der Waals surface area contributed by atoms with Crippen molar-refractivity contribution in [2.75, 3.05) is 40.6 Å². The minimum Gasteiger partial charge on any atom is -0.385 e. The van der Waals surface area contributed by atoms with E-state index in [0.29, 0.717) is 24.2 Å². The molecule has 2 fully saturated rings. The molecule has 112 valence electrons. The van der Waals surface area contributed by atoms with Gasteiger partial charge in [0.25, 0.3) is 0 Å². The summed E-state index contributed by atoms with van der Waals surface area (Å²) in [6.45, 7) is 2.99. The normalized spacial score (nSPS) is 28.7. The third-order valence-corrected chi connectivity index (χ3v) is 4.85. The van der Waals surface area contributed by atoms with E-state index >= 15 is 0 Å². The van der Waals surface area contributed by atoms with Gasteiger partial charge in [0, 0.05) is 31.8 Å². The van der Waals surface area contributed by atoms with Gasteiger partial charge in [-0.25, -0.2) is 0 Å². The highest BCUT2D eigenvalue weighted by atomic mass is 16.5. The Morgan fingerprint density at radius 3 is 2.58 bits per heavy atom. The maximum Gasteiger partial charge on any atom is 0.0704 e. The van der Waals surface area contributed by atoms with Crippen LogP contribution in [0.25, 0.3) is 0 Å². The molecule has 0 heterocycles. The van der Waals surface area contributed by atoms with Crippen molar-refractivity contribution in [3.63, 3.8) is 0 Å². The Hall–Kier alpha value is -0.160. The van der Waals surface area contributed by atoms with Crippen LogP contribution < -0.4 is 5.32 Å². The minimum atomic E-state index is 0.435. The van der Waals surface area contributed by atoms with Crippen molar-refractivity contribution >= 4 is 0 Å². The minimum absolute atomic E-state index is 0.435. The molecule has 2 aliphatic carbocycles. The lowest BCUT2D eigenvalue weighted by atomic mass is 9.60. The Morgan fingerprint density at radius 1 is 1.11 bits per heavy atom. The fourth-order valence-corrected chi connectivity index (χ4v) is 3.75. The number of hydrogen-bond acceptors (Lipinski definition) is 4. The molecular formula is C15H29NO3. The van der Waals surface area contributed by atoms with Crippen LogP contribution in [0, 0.1) is 5.41 Å². The number of methoxy groups -OCH3 is 1. The molecule has 4 nitrogen and oxygen atoms in total. The Bertz CT molecular complexity index is 254. The van der Waals surface area contributed by atoms with Crippen LogP contribution in [0.4, 0.5) is 0 Å². The largest absolute Gasteiger partial charge is 0.385 e. The Labute approximate surface area is 117 Å². The topological polar surface area (TPSA) is 39.7 Å². The molecule has 4 heteroatoms. The van der Waals surface area contributed by atoms with Crippen LogP contribution in [0.15, 0.2) is 0 Å². The number of ether oxygens (including phenoxy) is 3. The average Bonchev–Trinajstić information content (AvgIpc) is 2.92. The van der Waals surface area contributed by atoms with Crippen molar-refractivity contribution in [1.82, 2.24) is 5.32 Å². The quantitative estimate of drug-likeness (QED) is 0.651. The smallest absolute Gasteiger partial charge is 0.0704 e. The fourth-order valence-electron chi connectivity index (χ4n) is 3.75. The number of hydrogen-bond donors (Lipinski definition) is 1. The van der Waals surface area contributed by atoms with Crippen molar-refractivity contribution in [1.29, 1.82) is 0 Å². The van der Waals surface area contributed by atoms with Crippen LogP contribution in [-0.4, -0.2) is 52.7 Å². The molecular weight excluding hydrogens is 242 g/mol. The first-order valence-electron chi connectivity index (χ1n) is 7.69. The van der Waals surface area contributed by atoms with Crippen LogP contribution in [0.5, 0.6) is 0 Å². The Kier molecular flexibility index (Phi) is 6.07. The molecule has 19 heavy (non-hydrogen) atoms. The van der Waals surface area contributed by atoms with Crippen molar-refractivity contribution in [2.24, 2.45) is 5.41 Å². The van der Waals surface area contributed by atoms with Crippen molar-refractivity contribution in [3.8, 4) is 0 Å². The van der Waals surface area contributed by atoms with Gasteiger partial charge in [0.05, 0.1) is 19.3 Å². The molecule has 2 rings (SSSR count). The molecule has 2 saturated carbocycles. The van der Waals surface area contributed by atoms with E-state index < -0.39 is 0 Å². The Morgan fingerprint density at radius 2 is 1.89 bits per heavy atom. The zero-order valence-electron chi connectivity index (χ0n) is 12.5. The van der Waals surface area contributed by atoms with Crippen molar-refractivity contribution in [3.05, 3.63) is 0 Å². The molecule has 0 amide bonds. The maximum absolute atomic E-state index is 6.06.